The molecule has 0 aliphatic carbocycles. The molecule has 0 saturated carbocycles. The SMILES string of the molecule is CCNC(=O)Nc1nc2c(F)c(-c3ccc(C(=O)O)nc3)cc(-c3ccccn3)c2s1.[LiH]. The van der Waals surface area contributed by atoms with Crippen LogP contribution in [0.2, 0.25) is 0 Å². The topological polar surface area (TPSA) is 117 Å². The molecule has 3 heterocycles. The third-order valence-electron chi connectivity index (χ3n) is 4.40. The van der Waals surface area contributed by atoms with Crippen molar-refractivity contribution in [3.8, 4) is 22.4 Å². The second kappa shape index (κ2) is 9.87. The molecule has 0 unspecified atom stereocenters. The first-order chi connectivity index (χ1) is 15.0. The Bertz CT molecular complexity index is 1280. The predicted molar refractivity (Wildman–Crippen MR) is 123 cm³/mol. The number of urea groups is 1. The van der Waals surface area contributed by atoms with Crippen molar-refractivity contribution in [1.29, 1.82) is 0 Å². The van der Waals surface area contributed by atoms with Gasteiger partial charge in [-0.25, -0.2) is 23.9 Å². The number of carbonyl (C=O) groups is 2. The molecule has 0 fully saturated rings. The first kappa shape index (κ1) is 23.3. The molecule has 4 aromatic rings. The van der Waals surface area contributed by atoms with E-state index in [2.05, 4.69) is 25.6 Å². The van der Waals surface area contributed by atoms with E-state index >= 15 is 4.39 Å². The summed E-state index contributed by atoms with van der Waals surface area (Å²) in [7, 11) is 0. The number of rotatable bonds is 5. The minimum atomic E-state index is -1.17. The average Bonchev–Trinajstić information content (AvgIpc) is 3.19. The molecule has 0 saturated heterocycles. The molecule has 1 aromatic carbocycles. The van der Waals surface area contributed by atoms with Crippen molar-refractivity contribution >= 4 is 57.5 Å². The van der Waals surface area contributed by atoms with Crippen LogP contribution in [0.4, 0.5) is 14.3 Å². The summed E-state index contributed by atoms with van der Waals surface area (Å²) in [6.07, 6.45) is 2.93. The van der Waals surface area contributed by atoms with Gasteiger partial charge in [0.15, 0.2) is 10.9 Å². The summed E-state index contributed by atoms with van der Waals surface area (Å²) < 4.78 is 16.0. The summed E-state index contributed by atoms with van der Waals surface area (Å²) in [6.45, 7) is 2.22. The Morgan fingerprint density at radius 2 is 1.97 bits per heavy atom. The fourth-order valence-electron chi connectivity index (χ4n) is 3.01. The predicted octanol–water partition coefficient (Wildman–Crippen LogP) is 3.75. The van der Waals surface area contributed by atoms with E-state index in [1.165, 1.54) is 18.3 Å². The van der Waals surface area contributed by atoms with E-state index in [9.17, 15) is 9.59 Å². The van der Waals surface area contributed by atoms with Gasteiger partial charge in [-0.3, -0.25) is 10.3 Å². The number of hydrogen-bond donors (Lipinski definition) is 3. The van der Waals surface area contributed by atoms with E-state index < -0.39 is 17.8 Å². The third kappa shape index (κ3) is 4.62. The Morgan fingerprint density at radius 1 is 1.16 bits per heavy atom. The number of thiazole rings is 1. The molecule has 158 valence electrons. The van der Waals surface area contributed by atoms with Crippen molar-refractivity contribution in [2.75, 3.05) is 11.9 Å². The number of amides is 2. The van der Waals surface area contributed by atoms with Crippen LogP contribution in [0.5, 0.6) is 0 Å². The van der Waals surface area contributed by atoms with Crippen LogP contribution in [0.15, 0.2) is 48.8 Å². The number of carboxylic acids is 1. The summed E-state index contributed by atoms with van der Waals surface area (Å²) in [4.78, 5) is 35.5. The average molecular weight is 445 g/mol. The maximum atomic E-state index is 15.5. The fourth-order valence-corrected chi connectivity index (χ4v) is 3.99. The molecule has 8 nitrogen and oxygen atoms in total. The van der Waals surface area contributed by atoms with Gasteiger partial charge in [0.25, 0.3) is 0 Å². The van der Waals surface area contributed by atoms with Gasteiger partial charge in [-0.1, -0.05) is 23.5 Å². The number of aromatic nitrogens is 3. The summed E-state index contributed by atoms with van der Waals surface area (Å²) >= 11 is 1.14. The van der Waals surface area contributed by atoms with Crippen molar-refractivity contribution in [3.63, 3.8) is 0 Å². The van der Waals surface area contributed by atoms with Crippen LogP contribution in [0.25, 0.3) is 32.6 Å². The van der Waals surface area contributed by atoms with E-state index in [4.69, 9.17) is 5.11 Å². The normalized spacial score (nSPS) is 10.4. The Kier molecular flexibility index (Phi) is 7.20. The quantitative estimate of drug-likeness (QED) is 0.403. The second-order valence-corrected chi connectivity index (χ2v) is 7.42. The molecule has 0 atom stereocenters. The summed E-state index contributed by atoms with van der Waals surface area (Å²) in [5.41, 5.74) is 1.78. The monoisotopic (exact) mass is 445 g/mol. The molecular weight excluding hydrogens is 428 g/mol. The van der Waals surface area contributed by atoms with Crippen molar-refractivity contribution < 1.29 is 19.1 Å². The molecule has 3 aromatic heterocycles. The standard InChI is InChI=1S/C21H16FN5O3S.Li.H/c1-2-23-20(30)27-21-26-17-16(22)12(11-6-7-15(19(28)29)25-10-11)9-13(18(17)31-21)14-5-3-4-8-24-14;;/h3-10H,2H2,1H3,(H,28,29)(H2,23,26,27,30);;. The number of benzene rings is 1. The summed E-state index contributed by atoms with van der Waals surface area (Å²) in [6, 6.07) is 9.37. The van der Waals surface area contributed by atoms with Crippen LogP contribution >= 0.6 is 11.3 Å². The van der Waals surface area contributed by atoms with Crippen LogP contribution in [-0.4, -0.2) is 57.5 Å². The molecule has 0 spiro atoms. The van der Waals surface area contributed by atoms with E-state index in [1.54, 1.807) is 31.3 Å². The number of halogens is 1. The summed E-state index contributed by atoms with van der Waals surface area (Å²) in [5, 5.41) is 14.5. The number of nitrogens with zero attached hydrogens (tertiary/aromatic N) is 3. The van der Waals surface area contributed by atoms with Gasteiger partial charge in [0.1, 0.15) is 11.2 Å². The van der Waals surface area contributed by atoms with Crippen LogP contribution < -0.4 is 10.6 Å². The van der Waals surface area contributed by atoms with Crippen LogP contribution in [0.3, 0.4) is 0 Å². The number of fused-ring (bicyclic) bond motifs is 1. The zero-order valence-corrected chi connectivity index (χ0v) is 17.0. The maximum absolute atomic E-state index is 15.5. The van der Waals surface area contributed by atoms with Crippen LogP contribution in [0.1, 0.15) is 17.4 Å². The number of hydrogen-bond acceptors (Lipinski definition) is 6. The Morgan fingerprint density at radius 3 is 2.59 bits per heavy atom. The fraction of sp³-hybridized carbons (Fsp3) is 0.0952. The van der Waals surface area contributed by atoms with Gasteiger partial charge in [-0.05, 0) is 31.2 Å². The molecule has 2 amide bonds. The van der Waals surface area contributed by atoms with E-state index in [0.29, 0.717) is 28.1 Å². The molecular formula is C21H17FLiN5O3S. The third-order valence-corrected chi connectivity index (χ3v) is 5.40. The van der Waals surface area contributed by atoms with Gasteiger partial charge in [0.05, 0.1) is 10.4 Å². The number of aromatic carboxylic acids is 1. The zero-order chi connectivity index (χ0) is 22.0. The van der Waals surface area contributed by atoms with E-state index in [1.807, 2.05) is 6.07 Å². The van der Waals surface area contributed by atoms with E-state index in [0.717, 1.165) is 11.3 Å². The number of anilines is 1. The van der Waals surface area contributed by atoms with Crippen LogP contribution in [-0.2, 0) is 0 Å². The van der Waals surface area contributed by atoms with Crippen molar-refractivity contribution in [3.05, 3.63) is 60.3 Å². The molecule has 0 aliphatic rings. The van der Waals surface area contributed by atoms with Crippen molar-refractivity contribution in [1.82, 2.24) is 20.3 Å². The number of pyridine rings is 2. The Balaban J connectivity index is 0.00000289. The second-order valence-electron chi connectivity index (χ2n) is 6.42. The van der Waals surface area contributed by atoms with Crippen molar-refractivity contribution in [2.45, 2.75) is 6.92 Å². The Hall–Kier alpha value is -3.32. The molecule has 0 bridgehead atoms. The van der Waals surface area contributed by atoms with Gasteiger partial charge in [-0.15, -0.1) is 0 Å². The van der Waals surface area contributed by atoms with Gasteiger partial charge in [-0.2, -0.15) is 0 Å². The van der Waals surface area contributed by atoms with Gasteiger partial charge in [0, 0.05) is 35.6 Å². The summed E-state index contributed by atoms with van der Waals surface area (Å²) in [5.74, 6) is -1.77. The molecule has 0 radical (unpaired) electrons. The van der Waals surface area contributed by atoms with Gasteiger partial charge < -0.3 is 10.4 Å². The van der Waals surface area contributed by atoms with Gasteiger partial charge in [0.2, 0.25) is 0 Å². The zero-order valence-electron chi connectivity index (χ0n) is 16.2. The molecule has 0 aliphatic heterocycles. The molecule has 11 heteroatoms. The van der Waals surface area contributed by atoms with Crippen LogP contribution in [0, 0.1) is 5.82 Å². The Labute approximate surface area is 198 Å². The van der Waals surface area contributed by atoms with Crippen molar-refractivity contribution in [2.24, 2.45) is 0 Å². The number of carbonyl (C=O) groups excluding carboxylic acids is 1. The minimum absolute atomic E-state index is 0. The number of nitrogens with one attached hydrogen (secondary N) is 2. The molecule has 3 N–H and O–H groups in total. The van der Waals surface area contributed by atoms with Gasteiger partial charge >= 0.3 is 30.9 Å². The number of carboxylic acid groups (broad SMARTS) is 1. The molecule has 32 heavy (non-hydrogen) atoms. The molecule has 4 rings (SSSR count). The van der Waals surface area contributed by atoms with E-state index in [-0.39, 0.29) is 40.8 Å². The first-order valence-electron chi connectivity index (χ1n) is 9.27. The first-order valence-corrected chi connectivity index (χ1v) is 10.1.